The Labute approximate surface area is 212 Å². The third-order valence-electron chi connectivity index (χ3n) is 7.17. The Morgan fingerprint density at radius 1 is 0.886 bits per heavy atom. The number of hydrogen-bond acceptors (Lipinski definition) is 4. The number of aromatic nitrogens is 1. The summed E-state index contributed by atoms with van der Waals surface area (Å²) in [6, 6.07) is 20.1. The first-order chi connectivity index (χ1) is 17.1. The second-order valence-electron chi connectivity index (χ2n) is 9.48. The number of nitrogens with zero attached hydrogens (tertiary/aromatic N) is 4. The number of benzene rings is 2. The Bertz CT molecular complexity index is 1120. The fourth-order valence-corrected chi connectivity index (χ4v) is 5.35. The molecular formula is C28H33ClN4O2. The molecule has 1 unspecified atom stereocenters. The summed E-state index contributed by atoms with van der Waals surface area (Å²) in [7, 11) is 0. The Balaban J connectivity index is 1.14. The van der Waals surface area contributed by atoms with E-state index >= 15 is 0 Å². The molecule has 1 amide bonds. The lowest BCUT2D eigenvalue weighted by Crippen LogP contribution is -2.47. The Morgan fingerprint density at radius 3 is 2.37 bits per heavy atom. The zero-order valence-corrected chi connectivity index (χ0v) is 20.8. The van der Waals surface area contributed by atoms with Crippen LogP contribution in [0.2, 0.25) is 5.02 Å². The third-order valence-corrected chi connectivity index (χ3v) is 7.43. The van der Waals surface area contributed by atoms with Crippen molar-refractivity contribution in [1.82, 2.24) is 14.4 Å². The van der Waals surface area contributed by atoms with Crippen molar-refractivity contribution in [2.75, 3.05) is 50.7 Å². The van der Waals surface area contributed by atoms with E-state index < -0.39 is 6.10 Å². The molecule has 3 heterocycles. The Kier molecular flexibility index (Phi) is 7.42. The van der Waals surface area contributed by atoms with Crippen LogP contribution in [0, 0.1) is 0 Å². The van der Waals surface area contributed by atoms with Gasteiger partial charge in [-0.15, -0.1) is 0 Å². The molecule has 1 fully saturated rings. The standard InChI is InChI=1S/C28H33ClN4O2/c29-23-7-9-24(10-8-23)31-19-17-30(18-20-31)13-4-14-32-16-12-26(34)27-25(28(32)35)11-15-33(27)21-22-5-2-1-3-6-22/h1-3,5-11,15,26,34H,4,12-14,16-21H2. The molecule has 35 heavy (non-hydrogen) atoms. The molecule has 0 spiro atoms. The molecule has 7 heteroatoms. The van der Waals surface area contributed by atoms with E-state index in [0.29, 0.717) is 31.6 Å². The van der Waals surface area contributed by atoms with E-state index in [1.54, 1.807) is 0 Å². The van der Waals surface area contributed by atoms with Crippen LogP contribution in [0.3, 0.4) is 0 Å². The van der Waals surface area contributed by atoms with Gasteiger partial charge in [0.1, 0.15) is 0 Å². The van der Waals surface area contributed by atoms with Gasteiger partial charge in [-0.1, -0.05) is 41.9 Å². The summed E-state index contributed by atoms with van der Waals surface area (Å²) in [5.41, 5.74) is 3.77. The average molecular weight is 493 g/mol. The highest BCUT2D eigenvalue weighted by Gasteiger charge is 2.30. The lowest BCUT2D eigenvalue weighted by Gasteiger charge is -2.36. The molecule has 0 aliphatic carbocycles. The predicted octanol–water partition coefficient (Wildman–Crippen LogP) is 4.28. The van der Waals surface area contributed by atoms with Crippen molar-refractivity contribution in [1.29, 1.82) is 0 Å². The highest BCUT2D eigenvalue weighted by atomic mass is 35.5. The largest absolute Gasteiger partial charge is 0.387 e. The minimum atomic E-state index is -0.626. The van der Waals surface area contributed by atoms with E-state index in [4.69, 9.17) is 11.6 Å². The maximum atomic E-state index is 13.3. The zero-order chi connectivity index (χ0) is 24.2. The van der Waals surface area contributed by atoms with Crippen LogP contribution >= 0.6 is 11.6 Å². The number of carbonyl (C=O) groups is 1. The number of aliphatic hydroxyl groups is 1. The molecule has 3 aromatic rings. The van der Waals surface area contributed by atoms with Gasteiger partial charge < -0.3 is 19.5 Å². The SMILES string of the molecule is O=C1c2ccn(Cc3ccccc3)c2C(O)CCN1CCCN1CCN(c2ccc(Cl)cc2)CC1. The van der Waals surface area contributed by atoms with Crippen LogP contribution in [0.1, 0.15) is 40.6 Å². The zero-order valence-electron chi connectivity index (χ0n) is 20.0. The average Bonchev–Trinajstić information content (AvgIpc) is 3.25. The van der Waals surface area contributed by atoms with Crippen molar-refractivity contribution >= 4 is 23.2 Å². The second-order valence-corrected chi connectivity index (χ2v) is 9.92. The van der Waals surface area contributed by atoms with E-state index in [9.17, 15) is 9.90 Å². The molecule has 2 aliphatic heterocycles. The number of anilines is 1. The van der Waals surface area contributed by atoms with Gasteiger partial charge in [0.05, 0.1) is 17.4 Å². The summed E-state index contributed by atoms with van der Waals surface area (Å²) in [6.07, 6.45) is 2.81. The topological polar surface area (TPSA) is 52.0 Å². The van der Waals surface area contributed by atoms with Crippen LogP contribution in [0.25, 0.3) is 0 Å². The van der Waals surface area contributed by atoms with Gasteiger partial charge in [-0.3, -0.25) is 9.69 Å². The first kappa shape index (κ1) is 23.9. The molecule has 2 aliphatic rings. The maximum absolute atomic E-state index is 13.3. The van der Waals surface area contributed by atoms with Crippen LogP contribution in [-0.2, 0) is 6.54 Å². The lowest BCUT2D eigenvalue weighted by molar-refractivity contribution is 0.0738. The molecule has 1 atom stereocenters. The van der Waals surface area contributed by atoms with Gasteiger partial charge in [-0.05, 0) is 55.3 Å². The molecule has 0 bridgehead atoms. The summed E-state index contributed by atoms with van der Waals surface area (Å²) in [5.74, 6) is 0.0379. The van der Waals surface area contributed by atoms with Gasteiger partial charge in [0.15, 0.2) is 0 Å². The minimum absolute atomic E-state index is 0.0379. The van der Waals surface area contributed by atoms with E-state index in [-0.39, 0.29) is 5.91 Å². The monoisotopic (exact) mass is 492 g/mol. The molecule has 0 saturated carbocycles. The first-order valence-electron chi connectivity index (χ1n) is 12.5. The van der Waals surface area contributed by atoms with Crippen LogP contribution < -0.4 is 4.90 Å². The van der Waals surface area contributed by atoms with Gasteiger partial charge in [-0.25, -0.2) is 0 Å². The van der Waals surface area contributed by atoms with Gasteiger partial charge in [-0.2, -0.15) is 0 Å². The second kappa shape index (κ2) is 10.9. The van der Waals surface area contributed by atoms with Crippen molar-refractivity contribution in [2.24, 2.45) is 0 Å². The molecular weight excluding hydrogens is 460 g/mol. The summed E-state index contributed by atoms with van der Waals surface area (Å²) in [4.78, 5) is 20.1. The molecule has 184 valence electrons. The van der Waals surface area contributed by atoms with Crippen LogP contribution in [0.4, 0.5) is 5.69 Å². The number of fused-ring (bicyclic) bond motifs is 1. The highest BCUT2D eigenvalue weighted by molar-refractivity contribution is 6.30. The van der Waals surface area contributed by atoms with Crippen LogP contribution in [0.15, 0.2) is 66.9 Å². The molecule has 1 N–H and O–H groups in total. The minimum Gasteiger partial charge on any atom is -0.387 e. The Morgan fingerprint density at radius 2 is 1.63 bits per heavy atom. The van der Waals surface area contributed by atoms with Crippen molar-refractivity contribution < 1.29 is 9.90 Å². The third kappa shape index (κ3) is 5.56. The number of piperazine rings is 1. The molecule has 2 aromatic carbocycles. The molecule has 1 aromatic heterocycles. The van der Waals surface area contributed by atoms with Crippen molar-refractivity contribution in [3.05, 3.63) is 88.7 Å². The summed E-state index contributed by atoms with van der Waals surface area (Å²) in [6.45, 7) is 6.95. The van der Waals surface area contributed by atoms with E-state index in [2.05, 4.69) is 34.1 Å². The summed E-state index contributed by atoms with van der Waals surface area (Å²) >= 11 is 6.02. The number of rotatable bonds is 7. The van der Waals surface area contributed by atoms with Crippen molar-refractivity contribution in [3.8, 4) is 0 Å². The van der Waals surface area contributed by atoms with E-state index in [1.807, 2.05) is 52.1 Å². The smallest absolute Gasteiger partial charge is 0.255 e. The molecule has 6 nitrogen and oxygen atoms in total. The van der Waals surface area contributed by atoms with Gasteiger partial charge in [0.25, 0.3) is 5.91 Å². The predicted molar refractivity (Wildman–Crippen MR) is 140 cm³/mol. The van der Waals surface area contributed by atoms with E-state index in [1.165, 1.54) is 5.69 Å². The fraction of sp³-hybridized carbons (Fsp3) is 0.393. The van der Waals surface area contributed by atoms with E-state index in [0.717, 1.165) is 55.4 Å². The number of amides is 1. The first-order valence-corrected chi connectivity index (χ1v) is 12.9. The van der Waals surface area contributed by atoms with Crippen molar-refractivity contribution in [2.45, 2.75) is 25.5 Å². The molecule has 0 radical (unpaired) electrons. The number of carbonyl (C=O) groups excluding carboxylic acids is 1. The lowest BCUT2D eigenvalue weighted by atomic mass is 10.1. The Hall–Kier alpha value is -2.80. The highest BCUT2D eigenvalue weighted by Crippen LogP contribution is 2.28. The number of aliphatic hydroxyl groups excluding tert-OH is 1. The van der Waals surface area contributed by atoms with Gasteiger partial charge in [0.2, 0.25) is 0 Å². The van der Waals surface area contributed by atoms with Crippen molar-refractivity contribution in [3.63, 3.8) is 0 Å². The molecule has 1 saturated heterocycles. The normalized spacial score (nSPS) is 19.0. The summed E-state index contributed by atoms with van der Waals surface area (Å²) in [5, 5.41) is 11.6. The van der Waals surface area contributed by atoms with Crippen LogP contribution in [-0.4, -0.2) is 71.2 Å². The van der Waals surface area contributed by atoms with Gasteiger partial charge >= 0.3 is 0 Å². The van der Waals surface area contributed by atoms with Crippen LogP contribution in [0.5, 0.6) is 0 Å². The summed E-state index contributed by atoms with van der Waals surface area (Å²) < 4.78 is 2.02. The maximum Gasteiger partial charge on any atom is 0.255 e. The number of halogens is 1. The quantitative estimate of drug-likeness (QED) is 0.535. The van der Waals surface area contributed by atoms with Gasteiger partial charge in [0, 0.05) is 62.7 Å². The fourth-order valence-electron chi connectivity index (χ4n) is 5.22. The number of hydrogen-bond donors (Lipinski definition) is 1. The molecule has 5 rings (SSSR count).